The first-order valence-corrected chi connectivity index (χ1v) is 8.48. The van der Waals surface area contributed by atoms with Crippen molar-refractivity contribution in [3.8, 4) is 0 Å². The first-order valence-electron chi connectivity index (χ1n) is 8.48. The molecule has 1 fully saturated rings. The van der Waals surface area contributed by atoms with Gasteiger partial charge in [0.25, 0.3) is 0 Å². The first kappa shape index (κ1) is 19.7. The summed E-state index contributed by atoms with van der Waals surface area (Å²) in [6.45, 7) is 4.40. The Morgan fingerprint density at radius 1 is 1.48 bits per heavy atom. The molecule has 2 N–H and O–H groups in total. The number of piperidine rings is 1. The van der Waals surface area contributed by atoms with Crippen molar-refractivity contribution in [2.75, 3.05) is 40.3 Å². The van der Waals surface area contributed by atoms with Crippen LogP contribution in [0.2, 0.25) is 0 Å². The van der Waals surface area contributed by atoms with Crippen LogP contribution in [0.25, 0.3) is 0 Å². The minimum absolute atomic E-state index is 0.0395. The first-order chi connectivity index (χ1) is 11.0. The number of nitrogens with one attached hydrogen (secondary N) is 1. The number of rotatable bonds is 9. The fourth-order valence-electron chi connectivity index (χ4n) is 2.99. The third-order valence-corrected chi connectivity index (χ3v) is 4.36. The molecular weight excluding hydrogens is 298 g/mol. The molecule has 0 aromatic carbocycles. The van der Waals surface area contributed by atoms with Crippen molar-refractivity contribution in [2.24, 2.45) is 0 Å². The second-order valence-electron chi connectivity index (χ2n) is 6.08. The molecule has 1 rings (SSSR count). The number of methoxy groups -OCH3 is 1. The summed E-state index contributed by atoms with van der Waals surface area (Å²) in [5, 5.41) is 12.4. The van der Waals surface area contributed by atoms with Gasteiger partial charge in [-0.2, -0.15) is 0 Å². The third kappa shape index (κ3) is 6.35. The molecule has 0 radical (unpaired) electrons. The van der Waals surface area contributed by atoms with E-state index in [1.54, 1.807) is 12.0 Å². The van der Waals surface area contributed by atoms with Crippen LogP contribution in [-0.2, 0) is 9.53 Å². The molecule has 1 aliphatic heterocycles. The second kappa shape index (κ2) is 10.4. The van der Waals surface area contributed by atoms with E-state index in [1.807, 2.05) is 14.0 Å². The van der Waals surface area contributed by atoms with Crippen molar-refractivity contribution >= 4 is 12.0 Å². The molecular formula is C16H31N3O4. The standard InChI is InChI=1S/C16H31N3O4/c1-4-5-9-19(16(21)22)13-7-6-8-18(12-13)15(20)10-14(23-3)11-17-2/h13-14,17H,4-12H2,1-3H3,(H,21,22)/t13-,14?/m1/s1. The van der Waals surface area contributed by atoms with E-state index in [-0.39, 0.29) is 18.1 Å². The number of amides is 2. The Kier molecular flexibility index (Phi) is 8.94. The minimum atomic E-state index is -0.886. The Labute approximate surface area is 139 Å². The van der Waals surface area contributed by atoms with Gasteiger partial charge < -0.3 is 25.0 Å². The van der Waals surface area contributed by atoms with Crippen LogP contribution in [0.1, 0.15) is 39.0 Å². The molecule has 0 aromatic rings. The lowest BCUT2D eigenvalue weighted by molar-refractivity contribution is -0.135. The number of likely N-dealkylation sites (N-methyl/N-ethyl adjacent to an activating group) is 1. The molecule has 7 nitrogen and oxygen atoms in total. The maximum absolute atomic E-state index is 12.4. The molecule has 23 heavy (non-hydrogen) atoms. The molecule has 0 saturated carbocycles. The zero-order valence-corrected chi connectivity index (χ0v) is 14.6. The Hall–Kier alpha value is -1.34. The summed E-state index contributed by atoms with van der Waals surface area (Å²) in [6.07, 6.45) is 2.77. The van der Waals surface area contributed by atoms with E-state index in [0.29, 0.717) is 32.6 Å². The van der Waals surface area contributed by atoms with Gasteiger partial charge in [0.2, 0.25) is 5.91 Å². The van der Waals surface area contributed by atoms with Gasteiger partial charge in [-0.25, -0.2) is 4.79 Å². The molecule has 134 valence electrons. The Balaban J connectivity index is 2.61. The predicted octanol–water partition coefficient (Wildman–Crippen LogP) is 1.38. The maximum atomic E-state index is 12.4. The summed E-state index contributed by atoms with van der Waals surface area (Å²) in [6, 6.07) is -0.0953. The van der Waals surface area contributed by atoms with Gasteiger partial charge >= 0.3 is 6.09 Å². The number of hydrogen-bond donors (Lipinski definition) is 2. The van der Waals surface area contributed by atoms with Crippen LogP contribution in [-0.4, -0.2) is 79.4 Å². The SMILES string of the molecule is CCCCN(C(=O)O)[C@@H]1CCCN(C(=O)CC(CNC)OC)C1. The van der Waals surface area contributed by atoms with E-state index < -0.39 is 6.09 Å². The van der Waals surface area contributed by atoms with E-state index in [0.717, 1.165) is 25.7 Å². The smallest absolute Gasteiger partial charge is 0.407 e. The van der Waals surface area contributed by atoms with Crippen LogP contribution >= 0.6 is 0 Å². The number of nitrogens with zero attached hydrogens (tertiary/aromatic N) is 2. The molecule has 0 spiro atoms. The monoisotopic (exact) mass is 329 g/mol. The third-order valence-electron chi connectivity index (χ3n) is 4.36. The molecule has 2 amide bonds. The van der Waals surface area contributed by atoms with Crippen LogP contribution < -0.4 is 5.32 Å². The Morgan fingerprint density at radius 2 is 2.22 bits per heavy atom. The highest BCUT2D eigenvalue weighted by Crippen LogP contribution is 2.18. The number of hydrogen-bond acceptors (Lipinski definition) is 4. The van der Waals surface area contributed by atoms with Gasteiger partial charge in [0.05, 0.1) is 18.6 Å². The van der Waals surface area contributed by atoms with Crippen LogP contribution in [0.15, 0.2) is 0 Å². The van der Waals surface area contributed by atoms with E-state index in [2.05, 4.69) is 5.32 Å². The summed E-state index contributed by atoms with van der Waals surface area (Å²) >= 11 is 0. The van der Waals surface area contributed by atoms with Crippen LogP contribution in [0.4, 0.5) is 4.79 Å². The fraction of sp³-hybridized carbons (Fsp3) is 0.875. The van der Waals surface area contributed by atoms with Gasteiger partial charge in [-0.15, -0.1) is 0 Å². The molecule has 1 heterocycles. The number of carbonyl (C=O) groups excluding carboxylic acids is 1. The van der Waals surface area contributed by atoms with E-state index >= 15 is 0 Å². The lowest BCUT2D eigenvalue weighted by Crippen LogP contribution is -2.52. The van der Waals surface area contributed by atoms with Crippen LogP contribution in [0, 0.1) is 0 Å². The van der Waals surface area contributed by atoms with Crippen LogP contribution in [0.5, 0.6) is 0 Å². The Bertz CT molecular complexity index is 378. The van der Waals surface area contributed by atoms with Crippen LogP contribution in [0.3, 0.4) is 0 Å². The molecule has 7 heteroatoms. The van der Waals surface area contributed by atoms with E-state index in [4.69, 9.17) is 4.74 Å². The topological polar surface area (TPSA) is 82.1 Å². The molecule has 1 saturated heterocycles. The average Bonchev–Trinajstić information content (AvgIpc) is 2.54. The number of carboxylic acid groups (broad SMARTS) is 1. The zero-order valence-electron chi connectivity index (χ0n) is 14.6. The highest BCUT2D eigenvalue weighted by molar-refractivity contribution is 5.77. The normalized spacial score (nSPS) is 19.4. The van der Waals surface area contributed by atoms with Crippen molar-refractivity contribution < 1.29 is 19.4 Å². The fourth-order valence-corrected chi connectivity index (χ4v) is 2.99. The lowest BCUT2D eigenvalue weighted by atomic mass is 10.0. The summed E-state index contributed by atoms with van der Waals surface area (Å²) in [5.41, 5.74) is 0. The van der Waals surface area contributed by atoms with Gasteiger partial charge in [0.1, 0.15) is 0 Å². The predicted molar refractivity (Wildman–Crippen MR) is 88.6 cm³/mol. The van der Waals surface area contributed by atoms with E-state index in [1.165, 1.54) is 4.90 Å². The van der Waals surface area contributed by atoms with Crippen molar-refractivity contribution in [2.45, 2.75) is 51.2 Å². The number of likely N-dealkylation sites (tertiary alicyclic amines) is 1. The molecule has 0 aliphatic carbocycles. The summed E-state index contributed by atoms with van der Waals surface area (Å²) < 4.78 is 5.30. The molecule has 1 unspecified atom stereocenters. The van der Waals surface area contributed by atoms with E-state index in [9.17, 15) is 14.7 Å². The summed E-state index contributed by atoms with van der Waals surface area (Å²) in [7, 11) is 3.43. The highest BCUT2D eigenvalue weighted by Gasteiger charge is 2.30. The number of unbranched alkanes of at least 4 members (excludes halogenated alkanes) is 1. The zero-order chi connectivity index (χ0) is 17.2. The van der Waals surface area contributed by atoms with Gasteiger partial charge in [-0.3, -0.25) is 4.79 Å². The van der Waals surface area contributed by atoms with Crippen molar-refractivity contribution in [3.63, 3.8) is 0 Å². The molecule has 2 atom stereocenters. The molecule has 0 aromatic heterocycles. The summed E-state index contributed by atoms with van der Waals surface area (Å²) in [5.74, 6) is 0.0395. The second-order valence-corrected chi connectivity index (χ2v) is 6.08. The Morgan fingerprint density at radius 3 is 2.78 bits per heavy atom. The number of ether oxygens (including phenoxy) is 1. The average molecular weight is 329 g/mol. The van der Waals surface area contributed by atoms with Gasteiger partial charge in [0, 0.05) is 33.3 Å². The van der Waals surface area contributed by atoms with Crippen molar-refractivity contribution in [1.82, 2.24) is 15.1 Å². The van der Waals surface area contributed by atoms with Crippen molar-refractivity contribution in [3.05, 3.63) is 0 Å². The van der Waals surface area contributed by atoms with Crippen molar-refractivity contribution in [1.29, 1.82) is 0 Å². The quantitative estimate of drug-likeness (QED) is 0.668. The van der Waals surface area contributed by atoms with Gasteiger partial charge in [0.15, 0.2) is 0 Å². The summed E-state index contributed by atoms with van der Waals surface area (Å²) in [4.78, 5) is 27.2. The molecule has 0 bridgehead atoms. The highest BCUT2D eigenvalue weighted by atomic mass is 16.5. The molecule has 1 aliphatic rings. The lowest BCUT2D eigenvalue weighted by Gasteiger charge is -2.38. The minimum Gasteiger partial charge on any atom is -0.465 e. The largest absolute Gasteiger partial charge is 0.465 e. The maximum Gasteiger partial charge on any atom is 0.407 e. The van der Waals surface area contributed by atoms with Gasteiger partial charge in [-0.1, -0.05) is 13.3 Å². The van der Waals surface area contributed by atoms with Gasteiger partial charge in [-0.05, 0) is 26.3 Å². The number of carbonyl (C=O) groups is 2.